The van der Waals surface area contributed by atoms with Gasteiger partial charge in [0.05, 0.1) is 10.5 Å². The smallest absolute Gasteiger partial charge is 0.335 e. The molecule has 0 bridgehead atoms. The molecule has 0 aliphatic heterocycles. The van der Waals surface area contributed by atoms with Crippen molar-refractivity contribution in [3.05, 3.63) is 53.1 Å². The van der Waals surface area contributed by atoms with Crippen LogP contribution in [-0.4, -0.2) is 34.2 Å². The normalized spacial score (nSPS) is 12.5. The van der Waals surface area contributed by atoms with Gasteiger partial charge in [0.1, 0.15) is 5.75 Å². The lowest BCUT2D eigenvalue weighted by Crippen LogP contribution is -2.29. The quantitative estimate of drug-likeness (QED) is 0.585. The Bertz CT molecular complexity index is 1110. The first-order valence-electron chi connectivity index (χ1n) is 9.91. The van der Waals surface area contributed by atoms with E-state index >= 15 is 0 Å². The summed E-state index contributed by atoms with van der Waals surface area (Å²) >= 11 is 0.747. The summed E-state index contributed by atoms with van der Waals surface area (Å²) in [6.45, 7) is 12.8. The lowest BCUT2D eigenvalue weighted by Gasteiger charge is -2.29. The first kappa shape index (κ1) is 25.7. The zero-order valence-corrected chi connectivity index (χ0v) is 20.9. The van der Waals surface area contributed by atoms with Crippen LogP contribution in [0.15, 0.2) is 46.2 Å². The van der Waals surface area contributed by atoms with Gasteiger partial charge < -0.3 is 10.2 Å². The number of benzene rings is 2. The summed E-state index contributed by atoms with van der Waals surface area (Å²) in [6, 6.07) is 8.05. The summed E-state index contributed by atoms with van der Waals surface area (Å²) < 4.78 is 27.0. The number of phenolic OH excluding ortho intramolecular Hbond substituents is 1. The fourth-order valence-electron chi connectivity index (χ4n) is 3.05. The van der Waals surface area contributed by atoms with Crippen molar-refractivity contribution in [3.63, 3.8) is 0 Å². The molecule has 0 atom stereocenters. The summed E-state index contributed by atoms with van der Waals surface area (Å²) in [4.78, 5) is 23.7. The molecule has 0 saturated carbocycles. The predicted molar refractivity (Wildman–Crippen MR) is 124 cm³/mol. The summed E-state index contributed by atoms with van der Waals surface area (Å²) in [5, 5.41) is 19.9. The molecule has 0 radical (unpaired) electrons. The Hall–Kier alpha value is -2.52. The second kappa shape index (κ2) is 8.78. The van der Waals surface area contributed by atoms with Crippen LogP contribution >= 0.6 is 11.9 Å². The van der Waals surface area contributed by atoms with Gasteiger partial charge in [-0.3, -0.25) is 4.79 Å². The number of hydrogen-bond acceptors (Lipinski definition) is 6. The lowest BCUT2D eigenvalue weighted by atomic mass is 9.79. The Balaban J connectivity index is 2.60. The second-order valence-electron chi connectivity index (χ2n) is 9.54. The van der Waals surface area contributed by atoms with Crippen LogP contribution in [0.1, 0.15) is 70.0 Å². The van der Waals surface area contributed by atoms with Crippen LogP contribution in [0.5, 0.6) is 5.75 Å². The van der Waals surface area contributed by atoms with Crippen LogP contribution in [-0.2, 0) is 25.6 Å². The third-order valence-corrected chi connectivity index (χ3v) is 8.01. The number of carbonyl (C=O) groups is 2. The third kappa shape index (κ3) is 5.45. The highest BCUT2D eigenvalue weighted by Crippen LogP contribution is 2.43. The number of sulfonamides is 1. The molecular formula is C23H29NO6S2. The molecule has 7 nitrogen and oxygen atoms in total. The summed E-state index contributed by atoms with van der Waals surface area (Å²) in [5.74, 6) is -1.74. The zero-order chi connectivity index (χ0) is 24.6. The molecule has 0 aromatic heterocycles. The Labute approximate surface area is 193 Å². The van der Waals surface area contributed by atoms with Gasteiger partial charge in [0.2, 0.25) is 5.91 Å². The minimum Gasteiger partial charge on any atom is -0.507 e. The molecule has 32 heavy (non-hydrogen) atoms. The highest BCUT2D eigenvalue weighted by molar-refractivity contribution is 8.09. The van der Waals surface area contributed by atoms with E-state index < -0.39 is 32.7 Å². The number of aromatic carboxylic acids is 1. The van der Waals surface area contributed by atoms with Crippen molar-refractivity contribution in [2.45, 2.75) is 69.1 Å². The number of rotatable bonds is 5. The van der Waals surface area contributed by atoms with E-state index in [1.54, 1.807) is 12.1 Å². The Morgan fingerprint density at radius 2 is 1.34 bits per heavy atom. The molecular weight excluding hydrogens is 450 g/mol. The number of aromatic hydroxyl groups is 1. The van der Waals surface area contributed by atoms with Gasteiger partial charge in [-0.2, -0.15) is 3.71 Å². The van der Waals surface area contributed by atoms with Crippen molar-refractivity contribution in [2.24, 2.45) is 0 Å². The van der Waals surface area contributed by atoms with Crippen molar-refractivity contribution in [1.82, 2.24) is 3.71 Å². The van der Waals surface area contributed by atoms with Gasteiger partial charge in [0.25, 0.3) is 10.0 Å². The number of carbonyl (C=O) groups excluding carboxylic acids is 1. The van der Waals surface area contributed by atoms with Crippen molar-refractivity contribution < 1.29 is 28.2 Å². The molecule has 0 heterocycles. The molecule has 0 saturated heterocycles. The van der Waals surface area contributed by atoms with Crippen LogP contribution in [0.2, 0.25) is 0 Å². The molecule has 0 aliphatic rings. The highest BCUT2D eigenvalue weighted by Gasteiger charge is 2.31. The van der Waals surface area contributed by atoms with E-state index in [-0.39, 0.29) is 16.2 Å². The van der Waals surface area contributed by atoms with E-state index in [0.717, 1.165) is 31.0 Å². The third-order valence-electron chi connectivity index (χ3n) is 4.76. The molecule has 0 fully saturated rings. The number of amides is 1. The first-order chi connectivity index (χ1) is 14.5. The van der Waals surface area contributed by atoms with E-state index in [0.29, 0.717) is 19.7 Å². The summed E-state index contributed by atoms with van der Waals surface area (Å²) in [5.41, 5.74) is 0.368. The molecule has 2 rings (SSSR count). The number of phenols is 1. The van der Waals surface area contributed by atoms with E-state index in [9.17, 15) is 23.1 Å². The SMILES string of the molecule is CC(=O)N(Sc1cc(C(C)(C)C)c(O)c(C(C)(C)C)c1)S(=O)(=O)c1ccc(C(=O)O)cc1. The topological polar surface area (TPSA) is 112 Å². The molecule has 0 aliphatic carbocycles. The maximum atomic E-state index is 13.2. The maximum absolute atomic E-state index is 13.2. The minimum atomic E-state index is -4.26. The number of carboxylic acids is 1. The molecule has 0 unspecified atom stereocenters. The van der Waals surface area contributed by atoms with Gasteiger partial charge in [-0.25, -0.2) is 13.2 Å². The predicted octanol–water partition coefficient (Wildman–Crippen LogP) is 4.93. The Kier molecular flexibility index (Phi) is 7.07. The lowest BCUT2D eigenvalue weighted by molar-refractivity contribution is -0.120. The maximum Gasteiger partial charge on any atom is 0.335 e. The number of hydrogen-bond donors (Lipinski definition) is 2. The summed E-state index contributed by atoms with van der Waals surface area (Å²) in [6.07, 6.45) is 0. The molecule has 9 heteroatoms. The van der Waals surface area contributed by atoms with Gasteiger partial charge in [-0.1, -0.05) is 41.5 Å². The van der Waals surface area contributed by atoms with E-state index in [2.05, 4.69) is 0 Å². The fourth-order valence-corrected chi connectivity index (χ4v) is 5.63. The average molecular weight is 480 g/mol. The Morgan fingerprint density at radius 1 is 0.906 bits per heavy atom. The Morgan fingerprint density at radius 3 is 1.69 bits per heavy atom. The molecule has 0 spiro atoms. The molecule has 1 amide bonds. The minimum absolute atomic E-state index is 0.0610. The van der Waals surface area contributed by atoms with Gasteiger partial charge in [0.15, 0.2) is 0 Å². The highest BCUT2D eigenvalue weighted by atomic mass is 32.3. The van der Waals surface area contributed by atoms with Crippen molar-refractivity contribution in [1.29, 1.82) is 0 Å². The largest absolute Gasteiger partial charge is 0.507 e. The second-order valence-corrected chi connectivity index (χ2v) is 12.6. The van der Waals surface area contributed by atoms with Crippen LogP contribution in [0.25, 0.3) is 0 Å². The molecule has 2 N–H and O–H groups in total. The monoisotopic (exact) mass is 479 g/mol. The standard InChI is InChI=1S/C23H29NO6S2/c1-14(25)24(32(29,30)17-10-8-15(9-11-17)21(27)28)31-16-12-18(22(2,3)4)20(26)19(13-16)23(5,6)7/h8-13,26H,1-7H3,(H,27,28). The molecule has 174 valence electrons. The first-order valence-corrected chi connectivity index (χ1v) is 12.1. The van der Waals surface area contributed by atoms with Crippen LogP contribution in [0.4, 0.5) is 0 Å². The van der Waals surface area contributed by atoms with E-state index in [1.807, 2.05) is 41.5 Å². The van der Waals surface area contributed by atoms with Gasteiger partial charge in [0, 0.05) is 34.9 Å². The molecule has 2 aromatic carbocycles. The van der Waals surface area contributed by atoms with Crippen molar-refractivity contribution in [2.75, 3.05) is 0 Å². The van der Waals surface area contributed by atoms with E-state index in [4.69, 9.17) is 5.11 Å². The van der Waals surface area contributed by atoms with Crippen molar-refractivity contribution in [3.8, 4) is 5.75 Å². The zero-order valence-electron chi connectivity index (χ0n) is 19.3. The van der Waals surface area contributed by atoms with Gasteiger partial charge in [-0.05, 0) is 47.2 Å². The average Bonchev–Trinajstić information content (AvgIpc) is 2.64. The summed E-state index contributed by atoms with van der Waals surface area (Å²) in [7, 11) is -4.26. The van der Waals surface area contributed by atoms with Crippen molar-refractivity contribution >= 4 is 33.8 Å². The van der Waals surface area contributed by atoms with Gasteiger partial charge in [-0.15, -0.1) is 0 Å². The van der Waals surface area contributed by atoms with Crippen LogP contribution in [0, 0.1) is 0 Å². The van der Waals surface area contributed by atoms with Gasteiger partial charge >= 0.3 is 5.97 Å². The number of nitrogens with zero attached hydrogens (tertiary/aromatic N) is 1. The van der Waals surface area contributed by atoms with E-state index in [1.165, 1.54) is 12.1 Å². The fraction of sp³-hybridized carbons (Fsp3) is 0.391. The van der Waals surface area contributed by atoms with Crippen LogP contribution < -0.4 is 0 Å². The number of carboxylic acid groups (broad SMARTS) is 1. The molecule has 2 aromatic rings. The van der Waals surface area contributed by atoms with Crippen LogP contribution in [0.3, 0.4) is 0 Å².